The van der Waals surface area contributed by atoms with Crippen LogP contribution in [0.2, 0.25) is 0 Å². The van der Waals surface area contributed by atoms with Crippen molar-refractivity contribution in [3.8, 4) is 0 Å². The van der Waals surface area contributed by atoms with Crippen molar-refractivity contribution in [3.63, 3.8) is 0 Å². The molecule has 1 fully saturated rings. The molecule has 19 heavy (non-hydrogen) atoms. The fraction of sp³-hybridized carbons (Fsp3) is 0.462. The zero-order valence-electron chi connectivity index (χ0n) is 11.1. The van der Waals surface area contributed by atoms with Crippen LogP contribution in [0.5, 0.6) is 0 Å². The van der Waals surface area contributed by atoms with Crippen LogP contribution in [0.1, 0.15) is 17.4 Å². The molecule has 6 heteroatoms. The zero-order valence-corrected chi connectivity index (χ0v) is 11.1. The lowest BCUT2D eigenvalue weighted by Gasteiger charge is -2.35. The standard InChI is InChI=1S/C13H17N3O3/c1-10(17)15-5-7-16(8-6-15)11-3-4-12(14-9-11)13(18)19-2/h3-4,9H,5-8H2,1-2H3. The molecular formula is C13H17N3O3. The lowest BCUT2D eigenvalue weighted by atomic mass is 10.2. The van der Waals surface area contributed by atoms with Gasteiger partial charge in [0.05, 0.1) is 19.0 Å². The van der Waals surface area contributed by atoms with E-state index in [0.717, 1.165) is 18.8 Å². The maximum atomic E-state index is 11.3. The van der Waals surface area contributed by atoms with Gasteiger partial charge in [0.25, 0.3) is 0 Å². The number of methoxy groups -OCH3 is 1. The average molecular weight is 263 g/mol. The van der Waals surface area contributed by atoms with Crippen LogP contribution >= 0.6 is 0 Å². The molecule has 1 amide bonds. The summed E-state index contributed by atoms with van der Waals surface area (Å²) in [5.74, 6) is -0.327. The van der Waals surface area contributed by atoms with Gasteiger partial charge in [-0.1, -0.05) is 0 Å². The molecule has 1 aromatic rings. The minimum absolute atomic E-state index is 0.110. The number of pyridine rings is 1. The number of nitrogens with zero attached hydrogens (tertiary/aromatic N) is 3. The van der Waals surface area contributed by atoms with Crippen LogP contribution in [0.15, 0.2) is 18.3 Å². The smallest absolute Gasteiger partial charge is 0.356 e. The first-order valence-corrected chi connectivity index (χ1v) is 6.16. The molecule has 0 saturated carbocycles. The fourth-order valence-corrected chi connectivity index (χ4v) is 2.08. The quantitative estimate of drug-likeness (QED) is 0.729. The summed E-state index contributed by atoms with van der Waals surface area (Å²) in [6.45, 7) is 4.57. The van der Waals surface area contributed by atoms with E-state index in [0.29, 0.717) is 18.8 Å². The van der Waals surface area contributed by atoms with E-state index in [1.807, 2.05) is 11.0 Å². The Balaban J connectivity index is 2.00. The second-order valence-electron chi connectivity index (χ2n) is 4.39. The molecule has 0 aromatic carbocycles. The minimum Gasteiger partial charge on any atom is -0.464 e. The molecule has 0 spiro atoms. The van der Waals surface area contributed by atoms with Crippen LogP contribution in [-0.4, -0.2) is 55.0 Å². The Morgan fingerprint density at radius 3 is 2.37 bits per heavy atom. The van der Waals surface area contributed by atoms with Gasteiger partial charge in [-0.25, -0.2) is 9.78 Å². The molecule has 2 heterocycles. The van der Waals surface area contributed by atoms with Crippen molar-refractivity contribution >= 4 is 17.6 Å². The van der Waals surface area contributed by atoms with Crippen LogP contribution in [0, 0.1) is 0 Å². The number of amides is 1. The van der Waals surface area contributed by atoms with Crippen molar-refractivity contribution in [3.05, 3.63) is 24.0 Å². The number of hydrogen-bond donors (Lipinski definition) is 0. The summed E-state index contributed by atoms with van der Waals surface area (Å²) in [7, 11) is 1.33. The number of rotatable bonds is 2. The molecule has 1 aliphatic rings. The van der Waals surface area contributed by atoms with Gasteiger partial charge in [0.2, 0.25) is 5.91 Å². The molecule has 0 radical (unpaired) electrons. The third-order valence-corrected chi connectivity index (χ3v) is 3.23. The number of esters is 1. The van der Waals surface area contributed by atoms with Crippen LogP contribution in [0.25, 0.3) is 0 Å². The van der Waals surface area contributed by atoms with Gasteiger partial charge in [0.1, 0.15) is 5.69 Å². The number of anilines is 1. The lowest BCUT2D eigenvalue weighted by Crippen LogP contribution is -2.48. The molecule has 1 aliphatic heterocycles. The molecule has 6 nitrogen and oxygen atoms in total. The van der Waals surface area contributed by atoms with E-state index in [-0.39, 0.29) is 5.91 Å². The number of ether oxygens (including phenoxy) is 1. The molecule has 0 bridgehead atoms. The Morgan fingerprint density at radius 2 is 1.89 bits per heavy atom. The van der Waals surface area contributed by atoms with E-state index in [4.69, 9.17) is 0 Å². The zero-order chi connectivity index (χ0) is 13.8. The van der Waals surface area contributed by atoms with Crippen molar-refractivity contribution in [2.75, 3.05) is 38.2 Å². The van der Waals surface area contributed by atoms with E-state index in [2.05, 4.69) is 14.6 Å². The van der Waals surface area contributed by atoms with Crippen molar-refractivity contribution in [2.45, 2.75) is 6.92 Å². The van der Waals surface area contributed by atoms with E-state index < -0.39 is 5.97 Å². The lowest BCUT2D eigenvalue weighted by molar-refractivity contribution is -0.129. The summed E-state index contributed by atoms with van der Waals surface area (Å²) < 4.78 is 4.60. The highest BCUT2D eigenvalue weighted by atomic mass is 16.5. The van der Waals surface area contributed by atoms with Crippen molar-refractivity contribution in [1.82, 2.24) is 9.88 Å². The maximum Gasteiger partial charge on any atom is 0.356 e. The Labute approximate surface area is 112 Å². The van der Waals surface area contributed by atoms with Gasteiger partial charge in [0, 0.05) is 33.1 Å². The van der Waals surface area contributed by atoms with Crippen LogP contribution < -0.4 is 4.90 Å². The van der Waals surface area contributed by atoms with Gasteiger partial charge >= 0.3 is 5.97 Å². The number of hydrogen-bond acceptors (Lipinski definition) is 5. The third-order valence-electron chi connectivity index (χ3n) is 3.23. The summed E-state index contributed by atoms with van der Waals surface area (Å²) in [4.78, 5) is 30.6. The summed E-state index contributed by atoms with van der Waals surface area (Å²) in [6, 6.07) is 3.50. The predicted octanol–water partition coefficient (Wildman–Crippen LogP) is 0.537. The van der Waals surface area contributed by atoms with Gasteiger partial charge in [-0.05, 0) is 12.1 Å². The molecule has 1 aromatic heterocycles. The van der Waals surface area contributed by atoms with Crippen LogP contribution in [-0.2, 0) is 9.53 Å². The predicted molar refractivity (Wildman–Crippen MR) is 70.0 cm³/mol. The molecule has 102 valence electrons. The highest BCUT2D eigenvalue weighted by molar-refractivity contribution is 5.87. The largest absolute Gasteiger partial charge is 0.464 e. The average Bonchev–Trinajstić information content (AvgIpc) is 2.46. The van der Waals surface area contributed by atoms with Gasteiger partial charge in [0.15, 0.2) is 0 Å². The van der Waals surface area contributed by atoms with Gasteiger partial charge in [-0.3, -0.25) is 4.79 Å². The maximum absolute atomic E-state index is 11.3. The fourth-order valence-electron chi connectivity index (χ4n) is 2.08. The van der Waals surface area contributed by atoms with Crippen molar-refractivity contribution < 1.29 is 14.3 Å². The normalized spacial score (nSPS) is 15.3. The first-order chi connectivity index (χ1) is 9.11. The minimum atomic E-state index is -0.437. The van der Waals surface area contributed by atoms with Gasteiger partial charge in [-0.15, -0.1) is 0 Å². The third kappa shape index (κ3) is 3.01. The Hall–Kier alpha value is -2.11. The number of carbonyl (C=O) groups excluding carboxylic acids is 2. The topological polar surface area (TPSA) is 62.7 Å². The second kappa shape index (κ2) is 5.69. The van der Waals surface area contributed by atoms with Crippen LogP contribution in [0.3, 0.4) is 0 Å². The first-order valence-electron chi connectivity index (χ1n) is 6.16. The highest BCUT2D eigenvalue weighted by Crippen LogP contribution is 2.15. The van der Waals surface area contributed by atoms with E-state index >= 15 is 0 Å². The molecule has 1 saturated heterocycles. The Kier molecular flexibility index (Phi) is 3.99. The number of aromatic nitrogens is 1. The Bertz CT molecular complexity index is 465. The first kappa shape index (κ1) is 13.3. The van der Waals surface area contributed by atoms with Gasteiger partial charge < -0.3 is 14.5 Å². The summed E-state index contributed by atoms with van der Waals surface area (Å²) in [5.41, 5.74) is 1.25. The van der Waals surface area contributed by atoms with Gasteiger partial charge in [-0.2, -0.15) is 0 Å². The van der Waals surface area contributed by atoms with Crippen molar-refractivity contribution in [2.24, 2.45) is 0 Å². The monoisotopic (exact) mass is 263 g/mol. The van der Waals surface area contributed by atoms with Crippen LogP contribution in [0.4, 0.5) is 5.69 Å². The highest BCUT2D eigenvalue weighted by Gasteiger charge is 2.19. The molecular weight excluding hydrogens is 246 g/mol. The second-order valence-corrected chi connectivity index (χ2v) is 4.39. The molecule has 2 rings (SSSR count). The van der Waals surface area contributed by atoms with E-state index in [9.17, 15) is 9.59 Å². The molecule has 0 atom stereocenters. The molecule has 0 unspecified atom stereocenters. The molecule has 0 N–H and O–H groups in total. The number of piperazine rings is 1. The summed E-state index contributed by atoms with van der Waals surface area (Å²) in [5, 5.41) is 0. The summed E-state index contributed by atoms with van der Waals surface area (Å²) >= 11 is 0. The number of carbonyl (C=O) groups is 2. The van der Waals surface area contributed by atoms with Crippen molar-refractivity contribution in [1.29, 1.82) is 0 Å². The SMILES string of the molecule is COC(=O)c1ccc(N2CCN(C(C)=O)CC2)cn1. The Morgan fingerprint density at radius 1 is 1.21 bits per heavy atom. The van der Waals surface area contributed by atoms with E-state index in [1.165, 1.54) is 7.11 Å². The van der Waals surface area contributed by atoms with E-state index in [1.54, 1.807) is 19.2 Å². The molecule has 0 aliphatic carbocycles. The summed E-state index contributed by atoms with van der Waals surface area (Å²) in [6.07, 6.45) is 1.66.